The fraction of sp³-hybridized carbons (Fsp3) is 0.278. The highest BCUT2D eigenvalue weighted by Gasteiger charge is 2.11. The molecule has 0 fully saturated rings. The van der Waals surface area contributed by atoms with Gasteiger partial charge in [-0.25, -0.2) is 0 Å². The van der Waals surface area contributed by atoms with Crippen LogP contribution in [0.3, 0.4) is 0 Å². The van der Waals surface area contributed by atoms with Crippen LogP contribution in [0.4, 0.5) is 0 Å². The van der Waals surface area contributed by atoms with Crippen molar-refractivity contribution in [3.63, 3.8) is 0 Å². The van der Waals surface area contributed by atoms with Crippen LogP contribution in [-0.2, 0) is 0 Å². The number of fused-ring (bicyclic) bond motifs is 3. The minimum atomic E-state index is 0.214. The van der Waals surface area contributed by atoms with Gasteiger partial charge in [-0.2, -0.15) is 0 Å². The lowest BCUT2D eigenvalue weighted by Gasteiger charge is -2.04. The Morgan fingerprint density at radius 3 is 2.60 bits per heavy atom. The predicted molar refractivity (Wildman–Crippen MR) is 82.1 cm³/mol. The van der Waals surface area contributed by atoms with Crippen LogP contribution in [0.5, 0.6) is 0 Å². The standard InChI is InChI=1S/C18H18O2/c1-12(2)7-9-16(19)13-8-10-18-15(11-13)14-5-3-4-6-17(14)20-18/h3-6,8,10-12H,7,9H2,1-2H3. The first-order chi connectivity index (χ1) is 9.65. The van der Waals surface area contributed by atoms with E-state index >= 15 is 0 Å². The topological polar surface area (TPSA) is 30.2 Å². The van der Waals surface area contributed by atoms with E-state index in [4.69, 9.17) is 4.42 Å². The highest BCUT2D eigenvalue weighted by Crippen LogP contribution is 2.29. The monoisotopic (exact) mass is 266 g/mol. The van der Waals surface area contributed by atoms with Gasteiger partial charge in [-0.05, 0) is 36.6 Å². The van der Waals surface area contributed by atoms with Gasteiger partial charge in [0.15, 0.2) is 5.78 Å². The summed E-state index contributed by atoms with van der Waals surface area (Å²) in [6, 6.07) is 13.7. The summed E-state index contributed by atoms with van der Waals surface area (Å²) in [5.41, 5.74) is 2.49. The summed E-state index contributed by atoms with van der Waals surface area (Å²) in [5.74, 6) is 0.767. The maximum atomic E-state index is 12.2. The maximum absolute atomic E-state index is 12.2. The quantitative estimate of drug-likeness (QED) is 0.607. The van der Waals surface area contributed by atoms with Gasteiger partial charge in [0.25, 0.3) is 0 Å². The molecule has 2 aromatic carbocycles. The molecule has 102 valence electrons. The summed E-state index contributed by atoms with van der Waals surface area (Å²) in [6.07, 6.45) is 1.54. The Hall–Kier alpha value is -2.09. The molecular formula is C18H18O2. The molecule has 20 heavy (non-hydrogen) atoms. The van der Waals surface area contributed by atoms with E-state index in [-0.39, 0.29) is 5.78 Å². The summed E-state index contributed by atoms with van der Waals surface area (Å²) < 4.78 is 5.77. The molecule has 0 saturated carbocycles. The summed E-state index contributed by atoms with van der Waals surface area (Å²) in [7, 11) is 0. The molecular weight excluding hydrogens is 248 g/mol. The average Bonchev–Trinajstić information content (AvgIpc) is 2.82. The van der Waals surface area contributed by atoms with E-state index in [0.717, 1.165) is 33.9 Å². The number of Topliss-reactive ketones (excluding diaryl/α,β-unsaturated/α-hetero) is 1. The van der Waals surface area contributed by atoms with Gasteiger partial charge in [0.05, 0.1) is 0 Å². The molecule has 0 unspecified atom stereocenters. The van der Waals surface area contributed by atoms with Crippen molar-refractivity contribution in [2.75, 3.05) is 0 Å². The number of rotatable bonds is 4. The summed E-state index contributed by atoms with van der Waals surface area (Å²) >= 11 is 0. The fourth-order valence-electron chi connectivity index (χ4n) is 2.46. The third-order valence-electron chi connectivity index (χ3n) is 3.65. The second kappa shape index (κ2) is 5.12. The second-order valence-corrected chi connectivity index (χ2v) is 5.66. The van der Waals surface area contributed by atoms with Crippen LogP contribution in [0.15, 0.2) is 46.9 Å². The Bertz CT molecular complexity index is 765. The van der Waals surface area contributed by atoms with Crippen LogP contribution >= 0.6 is 0 Å². The smallest absolute Gasteiger partial charge is 0.162 e. The first-order valence-corrected chi connectivity index (χ1v) is 7.09. The molecule has 1 heterocycles. The van der Waals surface area contributed by atoms with Gasteiger partial charge < -0.3 is 4.42 Å². The molecule has 0 spiro atoms. The van der Waals surface area contributed by atoms with E-state index in [1.54, 1.807) is 0 Å². The molecule has 0 aliphatic rings. The van der Waals surface area contributed by atoms with Crippen LogP contribution in [0.2, 0.25) is 0 Å². The Kier molecular flexibility index (Phi) is 3.31. The van der Waals surface area contributed by atoms with Crippen molar-refractivity contribution >= 4 is 27.7 Å². The summed E-state index contributed by atoms with van der Waals surface area (Å²) in [6.45, 7) is 4.28. The molecule has 0 aliphatic heterocycles. The minimum Gasteiger partial charge on any atom is -0.456 e. The Morgan fingerprint density at radius 1 is 1.05 bits per heavy atom. The van der Waals surface area contributed by atoms with Gasteiger partial charge in [0.1, 0.15) is 11.2 Å². The van der Waals surface area contributed by atoms with E-state index < -0.39 is 0 Å². The van der Waals surface area contributed by atoms with Gasteiger partial charge in [-0.3, -0.25) is 4.79 Å². The highest BCUT2D eigenvalue weighted by atomic mass is 16.3. The van der Waals surface area contributed by atoms with E-state index in [0.29, 0.717) is 12.3 Å². The number of hydrogen-bond donors (Lipinski definition) is 0. The third-order valence-corrected chi connectivity index (χ3v) is 3.65. The first kappa shape index (κ1) is 12.9. The molecule has 0 aliphatic carbocycles. The molecule has 2 nitrogen and oxygen atoms in total. The zero-order valence-electron chi connectivity index (χ0n) is 11.8. The van der Waals surface area contributed by atoms with Crippen molar-refractivity contribution < 1.29 is 9.21 Å². The lowest BCUT2D eigenvalue weighted by molar-refractivity contribution is 0.0975. The summed E-state index contributed by atoms with van der Waals surface area (Å²) in [5, 5.41) is 2.09. The molecule has 3 rings (SSSR count). The highest BCUT2D eigenvalue weighted by molar-refractivity contribution is 6.08. The molecule has 3 aromatic rings. The second-order valence-electron chi connectivity index (χ2n) is 5.66. The lowest BCUT2D eigenvalue weighted by atomic mass is 10.00. The van der Waals surface area contributed by atoms with Gasteiger partial charge in [0.2, 0.25) is 0 Å². The van der Waals surface area contributed by atoms with E-state index in [2.05, 4.69) is 13.8 Å². The average molecular weight is 266 g/mol. The molecule has 0 N–H and O–H groups in total. The zero-order chi connectivity index (χ0) is 14.1. The Morgan fingerprint density at radius 2 is 1.80 bits per heavy atom. The van der Waals surface area contributed by atoms with Gasteiger partial charge in [0, 0.05) is 22.8 Å². The third kappa shape index (κ3) is 2.34. The van der Waals surface area contributed by atoms with Crippen LogP contribution in [0.25, 0.3) is 21.9 Å². The molecule has 2 heteroatoms. The Balaban J connectivity index is 2.01. The molecule has 0 bridgehead atoms. The van der Waals surface area contributed by atoms with Crippen molar-refractivity contribution in [3.8, 4) is 0 Å². The number of para-hydroxylation sites is 1. The van der Waals surface area contributed by atoms with Crippen molar-refractivity contribution in [2.24, 2.45) is 5.92 Å². The molecule has 0 atom stereocenters. The van der Waals surface area contributed by atoms with Crippen LogP contribution in [0, 0.1) is 5.92 Å². The SMILES string of the molecule is CC(C)CCC(=O)c1ccc2oc3ccccc3c2c1. The van der Waals surface area contributed by atoms with E-state index in [1.165, 1.54) is 0 Å². The van der Waals surface area contributed by atoms with Crippen LogP contribution in [0.1, 0.15) is 37.0 Å². The van der Waals surface area contributed by atoms with Gasteiger partial charge >= 0.3 is 0 Å². The van der Waals surface area contributed by atoms with Crippen molar-refractivity contribution in [1.82, 2.24) is 0 Å². The van der Waals surface area contributed by atoms with Crippen LogP contribution in [-0.4, -0.2) is 5.78 Å². The molecule has 0 amide bonds. The van der Waals surface area contributed by atoms with Crippen molar-refractivity contribution in [3.05, 3.63) is 48.0 Å². The van der Waals surface area contributed by atoms with E-state index in [9.17, 15) is 4.79 Å². The number of carbonyl (C=O) groups excluding carboxylic acids is 1. The number of benzene rings is 2. The van der Waals surface area contributed by atoms with Crippen molar-refractivity contribution in [2.45, 2.75) is 26.7 Å². The first-order valence-electron chi connectivity index (χ1n) is 7.09. The number of carbonyl (C=O) groups is 1. The number of ketones is 1. The molecule has 0 radical (unpaired) electrons. The van der Waals surface area contributed by atoms with Gasteiger partial charge in [-0.15, -0.1) is 0 Å². The minimum absolute atomic E-state index is 0.214. The van der Waals surface area contributed by atoms with Crippen molar-refractivity contribution in [1.29, 1.82) is 0 Å². The normalized spacial score (nSPS) is 11.6. The molecule has 1 aromatic heterocycles. The Labute approximate surface area is 118 Å². The molecule has 0 saturated heterocycles. The van der Waals surface area contributed by atoms with E-state index in [1.807, 2.05) is 42.5 Å². The zero-order valence-corrected chi connectivity index (χ0v) is 11.8. The number of hydrogen-bond acceptors (Lipinski definition) is 2. The fourth-order valence-corrected chi connectivity index (χ4v) is 2.46. The number of furan rings is 1. The van der Waals surface area contributed by atoms with Crippen LogP contribution < -0.4 is 0 Å². The van der Waals surface area contributed by atoms with Gasteiger partial charge in [-0.1, -0.05) is 32.0 Å². The largest absolute Gasteiger partial charge is 0.456 e. The summed E-state index contributed by atoms with van der Waals surface area (Å²) in [4.78, 5) is 12.2. The lowest BCUT2D eigenvalue weighted by Crippen LogP contribution is -2.01. The predicted octanol–water partition coefficient (Wildman–Crippen LogP) is 5.20. The maximum Gasteiger partial charge on any atom is 0.162 e.